The maximum Gasteiger partial charge on any atom is 0.407 e. The van der Waals surface area contributed by atoms with E-state index in [4.69, 9.17) is 9.47 Å². The quantitative estimate of drug-likeness (QED) is 0.827. The van der Waals surface area contributed by atoms with Gasteiger partial charge in [0.05, 0.1) is 12.7 Å². The van der Waals surface area contributed by atoms with Gasteiger partial charge in [0.25, 0.3) is 0 Å². The van der Waals surface area contributed by atoms with E-state index in [9.17, 15) is 9.59 Å². The van der Waals surface area contributed by atoms with Gasteiger partial charge >= 0.3 is 6.09 Å². The third kappa shape index (κ3) is 5.12. The largest absolute Gasteiger partial charge is 0.500 e. The Labute approximate surface area is 162 Å². The van der Waals surface area contributed by atoms with Gasteiger partial charge in [0.15, 0.2) is 5.78 Å². The molecule has 0 saturated carbocycles. The van der Waals surface area contributed by atoms with Crippen LogP contribution in [0.15, 0.2) is 17.9 Å². The molecule has 5 nitrogen and oxygen atoms in total. The lowest BCUT2D eigenvalue weighted by Crippen LogP contribution is -2.33. The van der Waals surface area contributed by atoms with Crippen LogP contribution in [0.3, 0.4) is 0 Å². The summed E-state index contributed by atoms with van der Waals surface area (Å²) in [6, 6.07) is 4.18. The molecule has 1 N–H and O–H groups in total. The van der Waals surface area contributed by atoms with Crippen LogP contribution in [0.1, 0.15) is 55.9 Å². The molecule has 1 aliphatic rings. The summed E-state index contributed by atoms with van der Waals surface area (Å²) >= 11 is 0. The number of nitrogens with one attached hydrogen (secondary N) is 1. The Morgan fingerprint density at radius 3 is 2.30 bits per heavy atom. The number of allylic oxidation sites excluding steroid dienone is 2. The molecule has 1 aliphatic carbocycles. The zero-order valence-corrected chi connectivity index (χ0v) is 17.5. The van der Waals surface area contributed by atoms with Gasteiger partial charge in [0, 0.05) is 18.9 Å². The smallest absolute Gasteiger partial charge is 0.407 e. The Morgan fingerprint density at radius 1 is 1.19 bits per heavy atom. The van der Waals surface area contributed by atoms with Crippen molar-refractivity contribution >= 4 is 17.4 Å². The number of hydrogen-bond donors (Lipinski definition) is 1. The molecule has 0 spiro atoms. The second-order valence-electron chi connectivity index (χ2n) is 8.26. The molecular weight excluding hydrogens is 342 g/mol. The molecule has 27 heavy (non-hydrogen) atoms. The summed E-state index contributed by atoms with van der Waals surface area (Å²) in [4.78, 5) is 24.6. The lowest BCUT2D eigenvalue weighted by Gasteiger charge is -2.20. The van der Waals surface area contributed by atoms with E-state index in [1.807, 2.05) is 34.6 Å². The zero-order valence-electron chi connectivity index (χ0n) is 17.5. The van der Waals surface area contributed by atoms with Crippen molar-refractivity contribution in [1.29, 1.82) is 0 Å². The van der Waals surface area contributed by atoms with Gasteiger partial charge in [0.1, 0.15) is 11.4 Å². The molecule has 1 unspecified atom stereocenters. The Hall–Kier alpha value is -2.30. The van der Waals surface area contributed by atoms with Gasteiger partial charge in [-0.15, -0.1) is 0 Å². The van der Waals surface area contributed by atoms with E-state index in [0.29, 0.717) is 25.0 Å². The average Bonchev–Trinajstić information content (AvgIpc) is 2.80. The molecular formula is C22H31NO4. The Balaban J connectivity index is 2.17. The number of benzene rings is 1. The minimum absolute atomic E-state index is 0.0347. The van der Waals surface area contributed by atoms with E-state index in [0.717, 1.165) is 22.4 Å². The molecule has 1 amide bonds. The monoisotopic (exact) mass is 373 g/mol. The van der Waals surface area contributed by atoms with Gasteiger partial charge in [-0.25, -0.2) is 4.79 Å². The van der Waals surface area contributed by atoms with E-state index in [1.54, 1.807) is 7.11 Å². The molecule has 148 valence electrons. The van der Waals surface area contributed by atoms with E-state index >= 15 is 0 Å². The molecule has 1 aromatic rings. The number of Topliss-reactive ketones (excluding diaryl/α,β-unsaturated/α-hetero) is 1. The van der Waals surface area contributed by atoms with E-state index in [-0.39, 0.29) is 11.7 Å². The normalized spacial score (nSPS) is 17.3. The summed E-state index contributed by atoms with van der Waals surface area (Å²) in [6.07, 6.45) is 0.586. The van der Waals surface area contributed by atoms with Crippen molar-refractivity contribution in [3.8, 4) is 0 Å². The first-order valence-electron chi connectivity index (χ1n) is 9.40. The van der Waals surface area contributed by atoms with Crippen LogP contribution in [0.5, 0.6) is 0 Å². The molecule has 0 radical (unpaired) electrons. The van der Waals surface area contributed by atoms with Crippen molar-refractivity contribution < 1.29 is 19.1 Å². The average molecular weight is 373 g/mol. The number of methoxy groups -OCH3 is 1. The Morgan fingerprint density at radius 2 is 1.78 bits per heavy atom. The predicted molar refractivity (Wildman–Crippen MR) is 107 cm³/mol. The summed E-state index contributed by atoms with van der Waals surface area (Å²) in [6.45, 7) is 12.0. The van der Waals surface area contributed by atoms with Crippen LogP contribution in [0.25, 0.3) is 5.57 Å². The molecule has 0 fully saturated rings. The molecule has 1 atom stereocenters. The van der Waals surface area contributed by atoms with E-state index in [2.05, 4.69) is 24.4 Å². The number of carbonyl (C=O) groups is 2. The fourth-order valence-electron chi connectivity index (χ4n) is 3.76. The number of aryl methyl sites for hydroxylation is 3. The number of rotatable bonds is 5. The van der Waals surface area contributed by atoms with Crippen LogP contribution in [-0.4, -0.2) is 31.1 Å². The summed E-state index contributed by atoms with van der Waals surface area (Å²) in [7, 11) is 1.61. The fraction of sp³-hybridized carbons (Fsp3) is 0.545. The molecule has 0 aliphatic heterocycles. The highest BCUT2D eigenvalue weighted by Gasteiger charge is 2.35. The number of carbonyl (C=O) groups excluding carboxylic acids is 2. The van der Waals surface area contributed by atoms with Crippen molar-refractivity contribution in [2.75, 3.05) is 13.7 Å². The van der Waals surface area contributed by atoms with Crippen LogP contribution >= 0.6 is 0 Å². The summed E-state index contributed by atoms with van der Waals surface area (Å²) in [5.41, 5.74) is 4.48. The van der Waals surface area contributed by atoms with Crippen LogP contribution < -0.4 is 5.32 Å². The van der Waals surface area contributed by atoms with E-state index in [1.165, 1.54) is 5.56 Å². The molecule has 2 rings (SSSR count). The summed E-state index contributed by atoms with van der Waals surface area (Å²) in [5.74, 6) is 0.790. The van der Waals surface area contributed by atoms with Gasteiger partial charge in [-0.2, -0.15) is 0 Å². The SMILES string of the molecule is COC1=C(c2c(C)cc(C)cc2C)C(=O)CC1CCNC(=O)OC(C)(C)C. The first kappa shape index (κ1) is 21.0. The van der Waals surface area contributed by atoms with Crippen molar-refractivity contribution in [3.05, 3.63) is 40.1 Å². The second kappa shape index (κ2) is 8.15. The van der Waals surface area contributed by atoms with Crippen LogP contribution in [0.2, 0.25) is 0 Å². The highest BCUT2D eigenvalue weighted by molar-refractivity contribution is 6.24. The third-order valence-electron chi connectivity index (χ3n) is 4.64. The minimum Gasteiger partial charge on any atom is -0.500 e. The molecule has 0 aromatic heterocycles. The maximum atomic E-state index is 12.8. The number of ether oxygens (including phenoxy) is 2. The predicted octanol–water partition coefficient (Wildman–Crippen LogP) is 4.47. The first-order valence-corrected chi connectivity index (χ1v) is 9.40. The number of hydrogen-bond acceptors (Lipinski definition) is 4. The van der Waals surface area contributed by atoms with Gasteiger partial charge in [-0.3, -0.25) is 4.79 Å². The first-order chi connectivity index (χ1) is 12.5. The molecule has 5 heteroatoms. The molecule has 1 aromatic carbocycles. The molecule has 0 heterocycles. The summed E-state index contributed by atoms with van der Waals surface area (Å²) < 4.78 is 10.9. The van der Waals surface area contributed by atoms with Gasteiger partial charge in [-0.1, -0.05) is 17.7 Å². The van der Waals surface area contributed by atoms with Crippen molar-refractivity contribution in [3.63, 3.8) is 0 Å². The fourth-order valence-corrected chi connectivity index (χ4v) is 3.76. The lowest BCUT2D eigenvalue weighted by atomic mass is 9.92. The molecule has 0 bridgehead atoms. The van der Waals surface area contributed by atoms with Crippen molar-refractivity contribution in [2.24, 2.45) is 5.92 Å². The van der Waals surface area contributed by atoms with Crippen molar-refractivity contribution in [2.45, 2.75) is 60.0 Å². The van der Waals surface area contributed by atoms with Gasteiger partial charge in [-0.05, 0) is 64.7 Å². The third-order valence-corrected chi connectivity index (χ3v) is 4.64. The Bertz CT molecular complexity index is 748. The van der Waals surface area contributed by atoms with Crippen LogP contribution in [0, 0.1) is 26.7 Å². The highest BCUT2D eigenvalue weighted by Crippen LogP contribution is 2.40. The van der Waals surface area contributed by atoms with Crippen LogP contribution in [0.4, 0.5) is 4.79 Å². The second-order valence-corrected chi connectivity index (χ2v) is 8.26. The van der Waals surface area contributed by atoms with Gasteiger partial charge in [0.2, 0.25) is 0 Å². The van der Waals surface area contributed by atoms with Crippen molar-refractivity contribution in [1.82, 2.24) is 5.32 Å². The topological polar surface area (TPSA) is 64.6 Å². The minimum atomic E-state index is -0.529. The highest BCUT2D eigenvalue weighted by atomic mass is 16.6. The Kier molecular flexibility index (Phi) is 6.34. The number of ketones is 1. The zero-order chi connectivity index (χ0) is 20.4. The number of alkyl carbamates (subject to hydrolysis) is 1. The maximum absolute atomic E-state index is 12.8. The van der Waals surface area contributed by atoms with E-state index < -0.39 is 11.7 Å². The lowest BCUT2D eigenvalue weighted by molar-refractivity contribution is -0.113. The standard InChI is InChI=1S/C22H31NO4/c1-13-10-14(2)18(15(3)11-13)19-17(24)12-16(20(19)26-7)8-9-23-21(25)27-22(4,5)6/h10-11,16H,8-9,12H2,1-7H3,(H,23,25). The van der Waals surface area contributed by atoms with Crippen LogP contribution in [-0.2, 0) is 14.3 Å². The summed E-state index contributed by atoms with van der Waals surface area (Å²) in [5, 5.41) is 2.76. The van der Waals surface area contributed by atoms with Gasteiger partial charge < -0.3 is 14.8 Å². The number of amides is 1. The molecule has 0 saturated heterocycles.